The van der Waals surface area contributed by atoms with Gasteiger partial charge in [0.2, 0.25) is 0 Å². The summed E-state index contributed by atoms with van der Waals surface area (Å²) in [5.41, 5.74) is 5.00. The monoisotopic (exact) mass is 363 g/mol. The fourth-order valence-corrected chi connectivity index (χ4v) is 4.22. The second kappa shape index (κ2) is 6.49. The van der Waals surface area contributed by atoms with Crippen molar-refractivity contribution in [3.63, 3.8) is 0 Å². The molecule has 1 aromatic carbocycles. The molecule has 0 spiro atoms. The summed E-state index contributed by atoms with van der Waals surface area (Å²) < 4.78 is 41.4. The summed E-state index contributed by atoms with van der Waals surface area (Å²) in [5.74, 6) is -0.653. The van der Waals surface area contributed by atoms with Crippen LogP contribution in [0.1, 0.15) is 56.4 Å². The predicted molar refractivity (Wildman–Crippen MR) is 90.4 cm³/mol. The third-order valence-corrected chi connectivity index (χ3v) is 5.43. The number of ether oxygens (including phenoxy) is 1. The fourth-order valence-electron chi connectivity index (χ4n) is 4.22. The minimum atomic E-state index is -4.73. The Morgan fingerprint density at radius 1 is 1.08 bits per heavy atom. The molecule has 138 valence electrons. The Bertz CT molecular complexity index is 808. The number of benzene rings is 1. The number of carbonyl (C=O) groups excluding carboxylic acids is 1. The van der Waals surface area contributed by atoms with Crippen LogP contribution in [0.5, 0.6) is 5.75 Å². The number of carbonyl (C=O) groups is 1. The van der Waals surface area contributed by atoms with Crippen molar-refractivity contribution in [3.8, 4) is 5.75 Å². The summed E-state index contributed by atoms with van der Waals surface area (Å²) in [5, 5.41) is 3.47. The number of rotatable bonds is 2. The third-order valence-electron chi connectivity index (χ3n) is 5.43. The van der Waals surface area contributed by atoms with E-state index in [-0.39, 0.29) is 11.5 Å². The summed E-state index contributed by atoms with van der Waals surface area (Å²) in [6.45, 7) is 0. The van der Waals surface area contributed by atoms with Crippen LogP contribution in [0.15, 0.2) is 46.8 Å². The minimum absolute atomic E-state index is 0.0278. The molecule has 1 N–H and O–H groups in total. The van der Waals surface area contributed by atoms with E-state index in [1.165, 1.54) is 35.9 Å². The first kappa shape index (κ1) is 17.2. The Kier molecular flexibility index (Phi) is 4.29. The van der Waals surface area contributed by atoms with Gasteiger partial charge in [-0.2, -0.15) is 0 Å². The Morgan fingerprint density at radius 3 is 2.69 bits per heavy atom. The maximum atomic E-state index is 13.0. The zero-order valence-electron chi connectivity index (χ0n) is 14.3. The van der Waals surface area contributed by atoms with Crippen LogP contribution in [0, 0.1) is 0 Å². The highest BCUT2D eigenvalue weighted by Gasteiger charge is 2.35. The van der Waals surface area contributed by atoms with E-state index in [1.54, 1.807) is 6.07 Å². The first-order valence-corrected chi connectivity index (χ1v) is 9.00. The maximum absolute atomic E-state index is 13.0. The van der Waals surface area contributed by atoms with E-state index in [2.05, 4.69) is 10.1 Å². The van der Waals surface area contributed by atoms with Crippen LogP contribution in [-0.4, -0.2) is 12.1 Å². The highest BCUT2D eigenvalue weighted by molar-refractivity contribution is 6.02. The SMILES string of the molecule is O=C1C2=C(CCC1c1cccc(OC(F)(F)F)c1)NC1=C(CCCC1)C2. The Balaban J connectivity index is 1.56. The molecule has 0 aromatic heterocycles. The van der Waals surface area contributed by atoms with Gasteiger partial charge in [-0.3, -0.25) is 4.79 Å². The van der Waals surface area contributed by atoms with E-state index in [0.29, 0.717) is 18.4 Å². The molecule has 26 heavy (non-hydrogen) atoms. The van der Waals surface area contributed by atoms with E-state index in [0.717, 1.165) is 37.0 Å². The second-order valence-electron chi connectivity index (χ2n) is 7.12. The fraction of sp³-hybridized carbons (Fsp3) is 0.450. The largest absolute Gasteiger partial charge is 0.573 e. The molecule has 0 saturated carbocycles. The molecular weight excluding hydrogens is 343 g/mol. The van der Waals surface area contributed by atoms with Gasteiger partial charge in [-0.1, -0.05) is 12.1 Å². The zero-order chi connectivity index (χ0) is 18.3. The molecule has 1 heterocycles. The lowest BCUT2D eigenvalue weighted by Crippen LogP contribution is -2.32. The molecule has 0 fully saturated rings. The highest BCUT2D eigenvalue weighted by atomic mass is 19.4. The smallest absolute Gasteiger partial charge is 0.406 e. The zero-order valence-corrected chi connectivity index (χ0v) is 14.3. The van der Waals surface area contributed by atoms with E-state index in [9.17, 15) is 18.0 Å². The summed E-state index contributed by atoms with van der Waals surface area (Å²) in [6, 6.07) is 5.81. The average Bonchev–Trinajstić information content (AvgIpc) is 2.59. The van der Waals surface area contributed by atoms with Crippen molar-refractivity contribution in [2.75, 3.05) is 0 Å². The first-order chi connectivity index (χ1) is 12.4. The summed E-state index contributed by atoms with van der Waals surface area (Å²) >= 11 is 0. The highest BCUT2D eigenvalue weighted by Crippen LogP contribution is 2.41. The Morgan fingerprint density at radius 2 is 1.88 bits per heavy atom. The van der Waals surface area contributed by atoms with Crippen LogP contribution in [0.4, 0.5) is 13.2 Å². The van der Waals surface area contributed by atoms with Crippen LogP contribution in [0.3, 0.4) is 0 Å². The number of halogens is 3. The second-order valence-corrected chi connectivity index (χ2v) is 7.12. The van der Waals surface area contributed by atoms with E-state index < -0.39 is 12.3 Å². The molecule has 0 saturated heterocycles. The number of hydrogen-bond acceptors (Lipinski definition) is 3. The van der Waals surface area contributed by atoms with Gasteiger partial charge in [0.25, 0.3) is 0 Å². The van der Waals surface area contributed by atoms with Gasteiger partial charge in [-0.15, -0.1) is 13.2 Å². The first-order valence-electron chi connectivity index (χ1n) is 9.00. The lowest BCUT2D eigenvalue weighted by atomic mass is 9.76. The molecule has 4 rings (SSSR count). The molecule has 1 aromatic rings. The van der Waals surface area contributed by atoms with Gasteiger partial charge in [0, 0.05) is 29.3 Å². The molecule has 0 amide bonds. The molecule has 1 aliphatic heterocycles. The molecule has 0 radical (unpaired) electrons. The van der Waals surface area contributed by atoms with Gasteiger partial charge in [0.1, 0.15) is 5.75 Å². The van der Waals surface area contributed by atoms with Gasteiger partial charge in [0.05, 0.1) is 0 Å². The summed E-state index contributed by atoms with van der Waals surface area (Å²) in [4.78, 5) is 13.0. The predicted octanol–water partition coefficient (Wildman–Crippen LogP) is 5.11. The Hall–Kier alpha value is -2.24. The molecule has 1 atom stereocenters. The van der Waals surface area contributed by atoms with Crippen molar-refractivity contribution < 1.29 is 22.7 Å². The number of ketones is 1. The van der Waals surface area contributed by atoms with Crippen LogP contribution in [0.2, 0.25) is 0 Å². The van der Waals surface area contributed by atoms with Gasteiger partial charge in [-0.25, -0.2) is 0 Å². The van der Waals surface area contributed by atoms with Crippen LogP contribution < -0.4 is 10.1 Å². The maximum Gasteiger partial charge on any atom is 0.573 e. The topological polar surface area (TPSA) is 38.3 Å². The average molecular weight is 363 g/mol. The Labute approximate surface area is 149 Å². The molecule has 1 unspecified atom stereocenters. The molecule has 3 aliphatic rings. The standard InChI is InChI=1S/C20H20F3NO2/c21-20(22,23)26-14-6-3-5-12(10-14)15-8-9-18-16(19(15)25)11-13-4-1-2-7-17(13)24-18/h3,5-6,10,15,24H,1-2,4,7-9,11H2. The van der Waals surface area contributed by atoms with Crippen molar-refractivity contribution in [1.29, 1.82) is 0 Å². The number of alkyl halides is 3. The number of allylic oxidation sites excluding steroid dienone is 4. The molecular formula is C20H20F3NO2. The summed E-state index contributed by atoms with van der Waals surface area (Å²) in [6.07, 6.45) is 1.69. The number of hydrogen-bond donors (Lipinski definition) is 1. The molecule has 2 aliphatic carbocycles. The number of nitrogens with one attached hydrogen (secondary N) is 1. The minimum Gasteiger partial charge on any atom is -0.406 e. The van der Waals surface area contributed by atoms with Crippen LogP contribution in [-0.2, 0) is 4.79 Å². The lowest BCUT2D eigenvalue weighted by Gasteiger charge is -2.34. The van der Waals surface area contributed by atoms with Crippen molar-refractivity contribution >= 4 is 5.78 Å². The van der Waals surface area contributed by atoms with Gasteiger partial charge in [-0.05, 0) is 61.8 Å². The van der Waals surface area contributed by atoms with Gasteiger partial charge in [0.15, 0.2) is 5.78 Å². The lowest BCUT2D eigenvalue weighted by molar-refractivity contribution is -0.274. The van der Waals surface area contributed by atoms with Gasteiger partial charge >= 0.3 is 6.36 Å². The van der Waals surface area contributed by atoms with E-state index in [1.807, 2.05) is 0 Å². The van der Waals surface area contributed by atoms with Crippen molar-refractivity contribution in [1.82, 2.24) is 5.32 Å². The van der Waals surface area contributed by atoms with Crippen molar-refractivity contribution in [3.05, 3.63) is 52.4 Å². The molecule has 0 bridgehead atoms. The molecule has 3 nitrogen and oxygen atoms in total. The van der Waals surface area contributed by atoms with Crippen molar-refractivity contribution in [2.45, 2.75) is 57.2 Å². The third kappa shape index (κ3) is 3.37. The van der Waals surface area contributed by atoms with E-state index >= 15 is 0 Å². The van der Waals surface area contributed by atoms with Crippen LogP contribution >= 0.6 is 0 Å². The normalized spacial score (nSPS) is 23.3. The quantitative estimate of drug-likeness (QED) is 0.794. The summed E-state index contributed by atoms with van der Waals surface area (Å²) in [7, 11) is 0. The van der Waals surface area contributed by atoms with Gasteiger partial charge < -0.3 is 10.1 Å². The molecule has 6 heteroatoms. The van der Waals surface area contributed by atoms with E-state index in [4.69, 9.17) is 0 Å². The number of Topliss-reactive ketones (excluding diaryl/α,β-unsaturated/α-hetero) is 1. The van der Waals surface area contributed by atoms with Crippen molar-refractivity contribution in [2.24, 2.45) is 0 Å². The van der Waals surface area contributed by atoms with Crippen LogP contribution in [0.25, 0.3) is 0 Å². The number of dihydropyridines is 1.